The van der Waals surface area contributed by atoms with Crippen LogP contribution in [-0.2, 0) is 14.9 Å². The molecule has 0 unspecified atom stereocenters. The minimum absolute atomic E-state index is 0.0921. The summed E-state index contributed by atoms with van der Waals surface area (Å²) in [5, 5.41) is 0.770. The highest BCUT2D eigenvalue weighted by Gasteiger charge is 2.38. The van der Waals surface area contributed by atoms with Gasteiger partial charge in [-0.2, -0.15) is 0 Å². The number of hydrogen-bond donors (Lipinski definition) is 0. The van der Waals surface area contributed by atoms with E-state index in [1.165, 1.54) is 0 Å². The zero-order valence-corrected chi connectivity index (χ0v) is 18.3. The Balaban J connectivity index is 1.50. The number of fused-ring (bicyclic) bond motifs is 2. The molecular formula is C25H25NO5. The van der Waals surface area contributed by atoms with Crippen LogP contribution in [0.1, 0.15) is 35.5 Å². The van der Waals surface area contributed by atoms with Crippen LogP contribution in [0.5, 0.6) is 5.75 Å². The Hall–Kier alpha value is -3.54. The third-order valence-corrected chi connectivity index (χ3v) is 5.91. The molecule has 0 fully saturated rings. The van der Waals surface area contributed by atoms with Crippen molar-refractivity contribution in [2.45, 2.75) is 26.2 Å². The van der Waals surface area contributed by atoms with E-state index in [4.69, 9.17) is 13.9 Å². The van der Waals surface area contributed by atoms with Gasteiger partial charge in [0.2, 0.25) is 5.76 Å². The fourth-order valence-corrected chi connectivity index (χ4v) is 4.18. The average Bonchev–Trinajstić information content (AvgIpc) is 3.19. The van der Waals surface area contributed by atoms with Crippen molar-refractivity contribution >= 4 is 28.4 Å². The Kier molecular flexibility index (Phi) is 5.09. The summed E-state index contributed by atoms with van der Waals surface area (Å²) >= 11 is 0. The zero-order valence-electron chi connectivity index (χ0n) is 18.3. The first-order valence-electron chi connectivity index (χ1n) is 10.1. The van der Waals surface area contributed by atoms with Crippen molar-refractivity contribution in [3.63, 3.8) is 0 Å². The summed E-state index contributed by atoms with van der Waals surface area (Å²) in [6.45, 7) is 5.57. The number of rotatable bonds is 5. The highest BCUT2D eigenvalue weighted by atomic mass is 16.5. The molecule has 0 spiro atoms. The molecule has 2 aromatic carbocycles. The number of carbonyl (C=O) groups is 2. The largest absolute Gasteiger partial charge is 0.497 e. The number of methoxy groups -OCH3 is 1. The van der Waals surface area contributed by atoms with Gasteiger partial charge in [-0.05, 0) is 36.8 Å². The van der Waals surface area contributed by atoms with E-state index in [0.717, 1.165) is 22.3 Å². The molecule has 1 aliphatic heterocycles. The number of nitrogens with zero attached hydrogens (tertiary/aromatic N) is 1. The lowest BCUT2D eigenvalue weighted by Gasteiger charge is -2.23. The molecule has 160 valence electrons. The summed E-state index contributed by atoms with van der Waals surface area (Å²) in [7, 11) is 3.51. The summed E-state index contributed by atoms with van der Waals surface area (Å²) in [6.07, 6.45) is 1.56. The second-order valence-corrected chi connectivity index (χ2v) is 8.19. The lowest BCUT2D eigenvalue weighted by Crippen LogP contribution is -2.25. The summed E-state index contributed by atoms with van der Waals surface area (Å²) in [5.74, 6) is -0.190. The molecule has 2 heterocycles. The van der Waals surface area contributed by atoms with Crippen LogP contribution in [0.2, 0.25) is 0 Å². The lowest BCUT2D eigenvalue weighted by atomic mass is 9.83. The molecule has 0 N–H and O–H groups in total. The van der Waals surface area contributed by atoms with Gasteiger partial charge >= 0.3 is 5.97 Å². The maximum absolute atomic E-state index is 12.6. The van der Waals surface area contributed by atoms with Gasteiger partial charge in [0.05, 0.1) is 7.11 Å². The van der Waals surface area contributed by atoms with Crippen molar-refractivity contribution < 1.29 is 23.5 Å². The lowest BCUT2D eigenvalue weighted by molar-refractivity contribution is -0.117. The van der Waals surface area contributed by atoms with E-state index in [-0.39, 0.29) is 23.6 Å². The SMILES string of the molecule is COc1ccc2oc(C(=O)OCC(=O)C=C3N(C)c4ccccc4C3(C)C)c(C)c2c1. The number of anilines is 1. The highest BCUT2D eigenvalue weighted by Crippen LogP contribution is 2.46. The molecule has 1 aromatic heterocycles. The molecule has 0 atom stereocenters. The molecule has 0 radical (unpaired) electrons. The van der Waals surface area contributed by atoms with Crippen LogP contribution in [0.25, 0.3) is 11.0 Å². The third-order valence-electron chi connectivity index (χ3n) is 5.91. The average molecular weight is 419 g/mol. The first-order valence-corrected chi connectivity index (χ1v) is 10.1. The monoisotopic (exact) mass is 419 g/mol. The van der Waals surface area contributed by atoms with Crippen molar-refractivity contribution in [1.82, 2.24) is 0 Å². The van der Waals surface area contributed by atoms with Crippen LogP contribution in [0, 0.1) is 6.92 Å². The fourth-order valence-electron chi connectivity index (χ4n) is 4.18. The minimum atomic E-state index is -0.665. The van der Waals surface area contributed by atoms with E-state index >= 15 is 0 Å². The first-order chi connectivity index (χ1) is 14.7. The maximum atomic E-state index is 12.6. The number of aryl methyl sites for hydroxylation is 1. The molecule has 0 amide bonds. The highest BCUT2D eigenvalue weighted by molar-refractivity contribution is 5.99. The Labute approximate surface area is 181 Å². The van der Waals surface area contributed by atoms with Crippen molar-refractivity contribution in [3.05, 3.63) is 71.1 Å². The minimum Gasteiger partial charge on any atom is -0.497 e. The van der Waals surface area contributed by atoms with Gasteiger partial charge < -0.3 is 18.8 Å². The Morgan fingerprint density at radius 3 is 2.61 bits per heavy atom. The summed E-state index contributed by atoms with van der Waals surface area (Å²) < 4.78 is 16.1. The number of para-hydroxylation sites is 1. The van der Waals surface area contributed by atoms with Gasteiger partial charge in [0.15, 0.2) is 12.4 Å². The van der Waals surface area contributed by atoms with Crippen LogP contribution in [0.15, 0.2) is 58.7 Å². The number of benzene rings is 2. The molecular weight excluding hydrogens is 394 g/mol. The normalized spacial score (nSPS) is 15.9. The number of hydrogen-bond acceptors (Lipinski definition) is 6. The summed E-state index contributed by atoms with van der Waals surface area (Å²) in [5.41, 5.74) is 3.97. The van der Waals surface area contributed by atoms with E-state index in [9.17, 15) is 9.59 Å². The van der Waals surface area contributed by atoms with Gasteiger partial charge in [-0.25, -0.2) is 4.79 Å². The molecule has 6 heteroatoms. The van der Waals surface area contributed by atoms with Gasteiger partial charge in [-0.15, -0.1) is 0 Å². The predicted molar refractivity (Wildman–Crippen MR) is 119 cm³/mol. The number of ketones is 1. The van der Waals surface area contributed by atoms with Gasteiger partial charge in [-0.3, -0.25) is 4.79 Å². The van der Waals surface area contributed by atoms with E-state index in [2.05, 4.69) is 19.9 Å². The maximum Gasteiger partial charge on any atom is 0.375 e. The van der Waals surface area contributed by atoms with Gasteiger partial charge in [0.1, 0.15) is 11.3 Å². The van der Waals surface area contributed by atoms with Crippen molar-refractivity contribution in [2.24, 2.45) is 0 Å². The molecule has 3 aromatic rings. The van der Waals surface area contributed by atoms with Crippen molar-refractivity contribution in [1.29, 1.82) is 0 Å². The van der Waals surface area contributed by atoms with Crippen LogP contribution in [0.3, 0.4) is 0 Å². The van der Waals surface area contributed by atoms with Gasteiger partial charge in [0.25, 0.3) is 0 Å². The number of likely N-dealkylation sites (N-methyl/N-ethyl adjacent to an activating group) is 1. The Morgan fingerprint density at radius 1 is 1.16 bits per heavy atom. The second-order valence-electron chi connectivity index (χ2n) is 8.19. The van der Waals surface area contributed by atoms with E-state index in [1.807, 2.05) is 30.1 Å². The van der Waals surface area contributed by atoms with Crippen molar-refractivity contribution in [3.8, 4) is 5.75 Å². The number of ether oxygens (including phenoxy) is 2. The third kappa shape index (κ3) is 3.48. The number of esters is 1. The first kappa shape index (κ1) is 20.7. The molecule has 31 heavy (non-hydrogen) atoms. The van der Waals surface area contributed by atoms with Crippen LogP contribution in [-0.4, -0.2) is 32.5 Å². The summed E-state index contributed by atoms with van der Waals surface area (Å²) in [4.78, 5) is 27.2. The quantitative estimate of drug-likeness (QED) is 0.438. The molecule has 6 nitrogen and oxygen atoms in total. The topological polar surface area (TPSA) is 69.0 Å². The molecule has 0 bridgehead atoms. The van der Waals surface area contributed by atoms with Crippen LogP contribution >= 0.6 is 0 Å². The van der Waals surface area contributed by atoms with Crippen molar-refractivity contribution in [2.75, 3.05) is 25.7 Å². The molecule has 0 saturated heterocycles. The molecule has 4 rings (SSSR count). The number of allylic oxidation sites excluding steroid dienone is 1. The number of carbonyl (C=O) groups excluding carboxylic acids is 2. The van der Waals surface area contributed by atoms with Crippen LogP contribution in [0.4, 0.5) is 5.69 Å². The van der Waals surface area contributed by atoms with Gasteiger partial charge in [-0.1, -0.05) is 32.0 Å². The van der Waals surface area contributed by atoms with E-state index < -0.39 is 5.97 Å². The standard InChI is InChI=1S/C25H25NO5/c1-15-18-13-17(29-5)10-11-21(18)31-23(15)24(28)30-14-16(27)12-22-25(2,3)19-8-6-7-9-20(19)26(22)4/h6-13H,14H2,1-5H3. The van der Waals surface area contributed by atoms with Gasteiger partial charge in [0, 0.05) is 40.9 Å². The smallest absolute Gasteiger partial charge is 0.375 e. The molecule has 1 aliphatic rings. The Bertz CT molecular complexity index is 1220. The summed E-state index contributed by atoms with van der Waals surface area (Å²) in [6, 6.07) is 13.4. The predicted octanol–water partition coefficient (Wildman–Crippen LogP) is 4.79. The van der Waals surface area contributed by atoms with Crippen LogP contribution < -0.4 is 9.64 Å². The molecule has 0 aliphatic carbocycles. The Morgan fingerprint density at radius 2 is 1.90 bits per heavy atom. The fraction of sp³-hybridized carbons (Fsp3) is 0.280. The van der Waals surface area contributed by atoms with E-state index in [1.54, 1.807) is 38.3 Å². The zero-order chi connectivity index (χ0) is 22.3. The number of furan rings is 1. The second kappa shape index (κ2) is 7.61. The van der Waals surface area contributed by atoms with E-state index in [0.29, 0.717) is 16.9 Å². The molecule has 0 saturated carbocycles.